The first-order valence-electron chi connectivity index (χ1n) is 12.0. The van der Waals surface area contributed by atoms with Gasteiger partial charge in [0.2, 0.25) is 0 Å². The molecule has 3 nitrogen and oxygen atoms in total. The number of aryl methyl sites for hydroxylation is 2. The fraction of sp³-hybridized carbons (Fsp3) is 0.233. The second kappa shape index (κ2) is 9.52. The maximum atomic E-state index is 6.68. The largest absolute Gasteiger partial charge is 0.373 e. The van der Waals surface area contributed by atoms with E-state index in [-0.39, 0.29) is 0 Å². The number of halogens is 1. The molecule has 0 aliphatic carbocycles. The van der Waals surface area contributed by atoms with Crippen LogP contribution < -0.4 is 4.90 Å². The van der Waals surface area contributed by atoms with Crippen LogP contribution in [0.5, 0.6) is 0 Å². The van der Waals surface area contributed by atoms with Gasteiger partial charge in [-0.05, 0) is 65.8 Å². The summed E-state index contributed by atoms with van der Waals surface area (Å²) in [6, 6.07) is 21.5. The number of fused-ring (bicyclic) bond motifs is 2. The Morgan fingerprint density at radius 2 is 1.85 bits per heavy atom. The highest BCUT2D eigenvalue weighted by molar-refractivity contribution is 6.35. The van der Waals surface area contributed by atoms with Gasteiger partial charge in [0.25, 0.3) is 0 Å². The normalized spacial score (nSPS) is 13.6. The van der Waals surface area contributed by atoms with Gasteiger partial charge in [-0.1, -0.05) is 67.6 Å². The van der Waals surface area contributed by atoms with E-state index < -0.39 is 0 Å². The molecular formula is C30H30ClN3. The third kappa shape index (κ3) is 4.28. The van der Waals surface area contributed by atoms with Crippen LogP contribution in [0.25, 0.3) is 17.0 Å². The summed E-state index contributed by atoms with van der Waals surface area (Å²) in [5, 5.41) is 1.88. The minimum Gasteiger partial charge on any atom is -0.373 e. The van der Waals surface area contributed by atoms with Crippen molar-refractivity contribution in [3.05, 3.63) is 100 Å². The van der Waals surface area contributed by atoms with Crippen LogP contribution in [-0.4, -0.2) is 24.4 Å². The van der Waals surface area contributed by atoms with Crippen LogP contribution in [0.4, 0.5) is 11.4 Å². The summed E-state index contributed by atoms with van der Waals surface area (Å²) in [6.07, 6.45) is 7.18. The third-order valence-electron chi connectivity index (χ3n) is 6.76. The van der Waals surface area contributed by atoms with Crippen molar-refractivity contribution in [3.8, 4) is 0 Å². The summed E-state index contributed by atoms with van der Waals surface area (Å²) < 4.78 is 2.27. The van der Waals surface area contributed by atoms with Gasteiger partial charge >= 0.3 is 0 Å². The van der Waals surface area contributed by atoms with E-state index in [1.165, 1.54) is 22.4 Å². The molecule has 0 atom stereocenters. The lowest BCUT2D eigenvalue weighted by Gasteiger charge is -2.29. The zero-order valence-corrected chi connectivity index (χ0v) is 20.6. The minimum absolute atomic E-state index is 0.739. The molecule has 0 N–H and O–H groups in total. The van der Waals surface area contributed by atoms with Crippen LogP contribution in [0.2, 0.25) is 5.02 Å². The third-order valence-corrected chi connectivity index (χ3v) is 7.06. The zero-order chi connectivity index (χ0) is 23.7. The van der Waals surface area contributed by atoms with Gasteiger partial charge in [-0.3, -0.25) is 4.99 Å². The van der Waals surface area contributed by atoms with E-state index >= 15 is 0 Å². The van der Waals surface area contributed by atoms with Crippen LogP contribution in [0.3, 0.4) is 0 Å². The van der Waals surface area contributed by atoms with E-state index in [9.17, 15) is 0 Å². The van der Waals surface area contributed by atoms with Crippen molar-refractivity contribution < 1.29 is 0 Å². The fourth-order valence-corrected chi connectivity index (χ4v) is 5.23. The van der Waals surface area contributed by atoms with E-state index in [2.05, 4.69) is 78.5 Å². The Labute approximate surface area is 207 Å². The molecule has 0 spiro atoms. The van der Waals surface area contributed by atoms with Crippen molar-refractivity contribution in [3.63, 3.8) is 0 Å². The lowest BCUT2D eigenvalue weighted by atomic mass is 9.98. The van der Waals surface area contributed by atoms with Crippen molar-refractivity contribution in [2.75, 3.05) is 18.5 Å². The maximum Gasteiger partial charge on any atom is 0.0872 e. The number of anilines is 1. The first-order chi connectivity index (χ1) is 16.6. The molecule has 2 heterocycles. The molecule has 0 saturated carbocycles. The van der Waals surface area contributed by atoms with Gasteiger partial charge in [-0.25, -0.2) is 0 Å². The quantitative estimate of drug-likeness (QED) is 0.266. The summed E-state index contributed by atoms with van der Waals surface area (Å²) in [5.41, 5.74) is 9.35. The van der Waals surface area contributed by atoms with E-state index in [4.69, 9.17) is 16.6 Å². The predicted octanol–water partition coefficient (Wildman–Crippen LogP) is 7.68. The Morgan fingerprint density at radius 3 is 2.62 bits per heavy atom. The Bertz CT molecular complexity index is 1380. The Hall–Kier alpha value is -3.30. The second-order valence-electron chi connectivity index (χ2n) is 9.04. The molecule has 0 saturated heterocycles. The van der Waals surface area contributed by atoms with Crippen LogP contribution in [0, 0.1) is 0 Å². The smallest absolute Gasteiger partial charge is 0.0872 e. The van der Waals surface area contributed by atoms with E-state index in [1.54, 1.807) is 0 Å². The summed E-state index contributed by atoms with van der Waals surface area (Å²) in [6.45, 7) is 7.95. The summed E-state index contributed by atoms with van der Waals surface area (Å²) in [4.78, 5) is 7.34. The predicted molar refractivity (Wildman–Crippen MR) is 147 cm³/mol. The molecule has 0 amide bonds. The number of para-hydroxylation sites is 1. The summed E-state index contributed by atoms with van der Waals surface area (Å²) in [7, 11) is 2.15. The molecule has 0 radical (unpaired) electrons. The van der Waals surface area contributed by atoms with Crippen molar-refractivity contribution in [1.82, 2.24) is 4.57 Å². The topological polar surface area (TPSA) is 20.5 Å². The fourth-order valence-electron chi connectivity index (χ4n) is 4.94. The molecule has 4 aromatic rings. The number of hydrogen-bond donors (Lipinski definition) is 0. The van der Waals surface area contributed by atoms with Crippen LogP contribution >= 0.6 is 11.6 Å². The van der Waals surface area contributed by atoms with Crippen molar-refractivity contribution >= 4 is 46.2 Å². The molecule has 5 rings (SSSR count). The van der Waals surface area contributed by atoms with E-state index in [0.29, 0.717) is 0 Å². The molecule has 34 heavy (non-hydrogen) atoms. The molecule has 0 bridgehead atoms. The highest BCUT2D eigenvalue weighted by atomic mass is 35.5. The number of rotatable bonds is 6. The van der Waals surface area contributed by atoms with Gasteiger partial charge in [0.05, 0.1) is 33.8 Å². The molecule has 0 unspecified atom stereocenters. The van der Waals surface area contributed by atoms with Crippen LogP contribution in [0.1, 0.15) is 41.3 Å². The molecule has 0 fully saturated rings. The number of nitrogens with zero attached hydrogens (tertiary/aromatic N) is 3. The SMILES string of the molecule is C=Cc1cc2c(c(N=Cc3cc4cccc(Cl)c4n3Cc3ccc(CC)cc3)c1)N(C)CCC2. The van der Waals surface area contributed by atoms with Crippen LogP contribution in [-0.2, 0) is 19.4 Å². The summed E-state index contributed by atoms with van der Waals surface area (Å²) in [5.74, 6) is 0. The Balaban J connectivity index is 1.60. The van der Waals surface area contributed by atoms with Gasteiger partial charge in [0, 0.05) is 25.5 Å². The van der Waals surface area contributed by atoms with Gasteiger partial charge in [-0.2, -0.15) is 0 Å². The Morgan fingerprint density at radius 1 is 1.06 bits per heavy atom. The standard InChI is InChI=1S/C30H30ClN3/c1-4-21-11-13-23(14-12-21)20-34-26(18-25-8-6-10-27(31)29(25)34)19-32-28-17-22(5-2)16-24-9-7-15-33(3)30(24)28/h5-6,8,10-14,16-19H,2,4,7,9,15,20H2,1,3H3. The second-order valence-corrected chi connectivity index (χ2v) is 9.45. The first-order valence-corrected chi connectivity index (χ1v) is 12.4. The van der Waals surface area contributed by atoms with Crippen molar-refractivity contribution in [2.24, 2.45) is 4.99 Å². The summed E-state index contributed by atoms with van der Waals surface area (Å²) >= 11 is 6.68. The van der Waals surface area contributed by atoms with Crippen LogP contribution in [0.15, 0.2) is 72.2 Å². The lowest BCUT2D eigenvalue weighted by molar-refractivity contribution is 0.745. The highest BCUT2D eigenvalue weighted by Crippen LogP contribution is 2.37. The molecule has 1 aromatic heterocycles. The van der Waals surface area contributed by atoms with E-state index in [0.717, 1.165) is 65.2 Å². The average molecular weight is 468 g/mol. The Kier molecular flexibility index (Phi) is 6.30. The number of aliphatic imine (C=N–C) groups is 1. The van der Waals surface area contributed by atoms with Gasteiger partial charge in [-0.15, -0.1) is 0 Å². The molecule has 4 heteroatoms. The van der Waals surface area contributed by atoms with Gasteiger partial charge in [0.15, 0.2) is 0 Å². The van der Waals surface area contributed by atoms with E-state index in [1.807, 2.05) is 24.4 Å². The molecule has 1 aliphatic heterocycles. The van der Waals surface area contributed by atoms with Gasteiger partial charge < -0.3 is 9.47 Å². The monoisotopic (exact) mass is 467 g/mol. The lowest BCUT2D eigenvalue weighted by Crippen LogP contribution is -2.24. The number of hydrogen-bond acceptors (Lipinski definition) is 2. The van der Waals surface area contributed by atoms with Crippen molar-refractivity contribution in [2.45, 2.75) is 32.7 Å². The molecule has 3 aromatic carbocycles. The zero-order valence-electron chi connectivity index (χ0n) is 19.9. The minimum atomic E-state index is 0.739. The van der Waals surface area contributed by atoms with Crippen molar-refractivity contribution in [1.29, 1.82) is 0 Å². The molecule has 172 valence electrons. The van der Waals surface area contributed by atoms with Gasteiger partial charge in [0.1, 0.15) is 0 Å². The number of aromatic nitrogens is 1. The maximum absolute atomic E-state index is 6.68. The molecular weight excluding hydrogens is 438 g/mol. The average Bonchev–Trinajstić information content (AvgIpc) is 3.21. The highest BCUT2D eigenvalue weighted by Gasteiger charge is 2.18. The first kappa shape index (κ1) is 22.5. The number of benzene rings is 3. The molecule has 1 aliphatic rings.